The minimum Gasteiger partial charge on any atom is -0.383 e. The molecular weight excluding hydrogens is 492 g/mol. The van der Waals surface area contributed by atoms with Gasteiger partial charge >= 0.3 is 0 Å². The number of halogens is 4. The van der Waals surface area contributed by atoms with Crippen LogP contribution in [-0.2, 0) is 6.54 Å². The van der Waals surface area contributed by atoms with E-state index in [-0.39, 0.29) is 46.7 Å². The fraction of sp³-hybridized carbons (Fsp3) is 0.320. The standard InChI is InChI=1S/C25H26F4N6O2/c1-13-3-6-16(26)10-17(13)24(37)32-11-15-5-4-14(9-18(15)27)21-20(23(31)36)22(30)35(33-21)19-7-8-34(2)12-25(19,28)29/h3-6,9-10,19H,7-8,11-12,30H2,1-2H3,(H2,31,36)(H,32,37). The average Bonchev–Trinajstić information content (AvgIpc) is 3.15. The number of aromatic nitrogens is 2. The van der Waals surface area contributed by atoms with Crippen molar-refractivity contribution in [2.45, 2.75) is 31.9 Å². The van der Waals surface area contributed by atoms with Gasteiger partial charge in [0.05, 0.1) is 6.54 Å². The van der Waals surface area contributed by atoms with Gasteiger partial charge < -0.3 is 21.7 Å². The number of nitrogens with two attached hydrogens (primary N) is 2. The van der Waals surface area contributed by atoms with E-state index in [0.29, 0.717) is 12.1 Å². The highest BCUT2D eigenvalue weighted by Crippen LogP contribution is 2.39. The van der Waals surface area contributed by atoms with Crippen molar-refractivity contribution in [2.24, 2.45) is 5.73 Å². The number of benzene rings is 2. The summed E-state index contributed by atoms with van der Waals surface area (Å²) in [4.78, 5) is 26.1. The van der Waals surface area contributed by atoms with Crippen LogP contribution < -0.4 is 16.8 Å². The van der Waals surface area contributed by atoms with Gasteiger partial charge in [-0.05, 0) is 44.2 Å². The number of aryl methyl sites for hydroxylation is 1. The van der Waals surface area contributed by atoms with E-state index in [0.717, 1.165) is 16.8 Å². The fourth-order valence-electron chi connectivity index (χ4n) is 4.48. The largest absolute Gasteiger partial charge is 0.383 e. The zero-order valence-corrected chi connectivity index (χ0v) is 20.2. The summed E-state index contributed by atoms with van der Waals surface area (Å²) in [5.41, 5.74) is 12.0. The second-order valence-corrected chi connectivity index (χ2v) is 9.17. The Labute approximate surface area is 210 Å². The molecule has 2 heterocycles. The zero-order valence-electron chi connectivity index (χ0n) is 20.2. The minimum absolute atomic E-state index is 0.0325. The Hall–Kier alpha value is -3.93. The van der Waals surface area contributed by atoms with Gasteiger partial charge in [0.25, 0.3) is 17.7 Å². The monoisotopic (exact) mass is 518 g/mol. The van der Waals surface area contributed by atoms with Crippen molar-refractivity contribution in [1.82, 2.24) is 20.0 Å². The van der Waals surface area contributed by atoms with Crippen LogP contribution in [0, 0.1) is 18.6 Å². The summed E-state index contributed by atoms with van der Waals surface area (Å²) < 4.78 is 58.9. The van der Waals surface area contributed by atoms with Gasteiger partial charge in [0.1, 0.15) is 34.8 Å². The van der Waals surface area contributed by atoms with Gasteiger partial charge in [0.15, 0.2) is 0 Å². The van der Waals surface area contributed by atoms with Crippen molar-refractivity contribution < 1.29 is 27.2 Å². The van der Waals surface area contributed by atoms with Gasteiger partial charge in [-0.1, -0.05) is 18.2 Å². The number of carbonyl (C=O) groups is 2. The number of hydrogen-bond acceptors (Lipinski definition) is 5. The first-order valence-corrected chi connectivity index (χ1v) is 11.5. The minimum atomic E-state index is -3.17. The molecule has 12 heteroatoms. The predicted molar refractivity (Wildman–Crippen MR) is 129 cm³/mol. The Kier molecular flexibility index (Phi) is 6.96. The van der Waals surface area contributed by atoms with E-state index in [1.807, 2.05) is 0 Å². The number of amides is 2. The van der Waals surface area contributed by atoms with Crippen LogP contribution in [-0.4, -0.2) is 52.6 Å². The fourth-order valence-corrected chi connectivity index (χ4v) is 4.48. The highest BCUT2D eigenvalue weighted by Gasteiger charge is 2.46. The molecule has 1 aliphatic rings. The lowest BCUT2D eigenvalue weighted by Crippen LogP contribution is -2.48. The number of nitrogens with one attached hydrogen (secondary N) is 1. The molecule has 0 spiro atoms. The molecule has 37 heavy (non-hydrogen) atoms. The lowest BCUT2D eigenvalue weighted by molar-refractivity contribution is -0.101. The molecule has 3 aromatic rings. The van der Waals surface area contributed by atoms with Crippen molar-refractivity contribution >= 4 is 17.6 Å². The maximum Gasteiger partial charge on any atom is 0.282 e. The molecule has 4 rings (SSSR count). The van der Waals surface area contributed by atoms with Crippen LogP contribution in [0.15, 0.2) is 36.4 Å². The number of rotatable bonds is 6. The van der Waals surface area contributed by atoms with Crippen LogP contribution >= 0.6 is 0 Å². The number of primary amides is 1. The molecule has 1 aromatic heterocycles. The van der Waals surface area contributed by atoms with Gasteiger partial charge in [0, 0.05) is 29.8 Å². The Bertz CT molecular complexity index is 1370. The molecule has 0 aliphatic carbocycles. The highest BCUT2D eigenvalue weighted by atomic mass is 19.3. The van der Waals surface area contributed by atoms with Crippen LogP contribution in [0.5, 0.6) is 0 Å². The first-order chi connectivity index (χ1) is 17.4. The Morgan fingerprint density at radius 2 is 1.92 bits per heavy atom. The maximum atomic E-state index is 15.0. The van der Waals surface area contributed by atoms with E-state index in [4.69, 9.17) is 11.5 Å². The van der Waals surface area contributed by atoms with Gasteiger partial charge in [0.2, 0.25) is 0 Å². The smallest absolute Gasteiger partial charge is 0.282 e. The quantitative estimate of drug-likeness (QED) is 0.433. The molecule has 196 valence electrons. The van der Waals surface area contributed by atoms with Crippen LogP contribution in [0.25, 0.3) is 11.3 Å². The van der Waals surface area contributed by atoms with Crippen LogP contribution in [0.1, 0.15) is 44.3 Å². The number of anilines is 1. The summed E-state index contributed by atoms with van der Waals surface area (Å²) in [7, 11) is 1.57. The van der Waals surface area contributed by atoms with Gasteiger partial charge in [-0.3, -0.25) is 9.59 Å². The second kappa shape index (κ2) is 9.85. The molecule has 1 atom stereocenters. The maximum absolute atomic E-state index is 15.0. The molecule has 2 aromatic carbocycles. The number of carbonyl (C=O) groups excluding carboxylic acids is 2. The summed E-state index contributed by atoms with van der Waals surface area (Å²) in [5.74, 6) is -6.39. The van der Waals surface area contributed by atoms with Gasteiger partial charge in [-0.15, -0.1) is 0 Å². The summed E-state index contributed by atoms with van der Waals surface area (Å²) in [5, 5.41) is 6.70. The number of alkyl halides is 2. The number of nitrogen functional groups attached to an aromatic ring is 1. The molecule has 0 bridgehead atoms. The van der Waals surface area contributed by atoms with Crippen LogP contribution in [0.2, 0.25) is 0 Å². The molecule has 1 unspecified atom stereocenters. The van der Waals surface area contributed by atoms with E-state index in [9.17, 15) is 27.2 Å². The lowest BCUT2D eigenvalue weighted by atomic mass is 10.0. The third-order valence-corrected chi connectivity index (χ3v) is 6.45. The van der Waals surface area contributed by atoms with E-state index in [2.05, 4.69) is 10.4 Å². The molecule has 2 amide bonds. The van der Waals surface area contributed by atoms with Crippen molar-refractivity contribution in [1.29, 1.82) is 0 Å². The normalized spacial score (nSPS) is 17.5. The highest BCUT2D eigenvalue weighted by molar-refractivity contribution is 6.03. The molecule has 1 fully saturated rings. The first-order valence-electron chi connectivity index (χ1n) is 11.5. The summed E-state index contributed by atoms with van der Waals surface area (Å²) in [6.45, 7) is 1.29. The molecule has 1 aliphatic heterocycles. The third-order valence-electron chi connectivity index (χ3n) is 6.45. The van der Waals surface area contributed by atoms with Gasteiger partial charge in [-0.25, -0.2) is 22.2 Å². The summed E-state index contributed by atoms with van der Waals surface area (Å²) in [6, 6.07) is 6.21. The zero-order chi connectivity index (χ0) is 27.1. The Morgan fingerprint density at radius 1 is 1.19 bits per heavy atom. The first kappa shape index (κ1) is 26.1. The van der Waals surface area contributed by atoms with E-state index < -0.39 is 42.0 Å². The molecule has 5 N–H and O–H groups in total. The molecule has 1 saturated heterocycles. The Morgan fingerprint density at radius 3 is 2.57 bits per heavy atom. The van der Waals surface area contributed by atoms with Gasteiger partial charge in [-0.2, -0.15) is 5.10 Å². The van der Waals surface area contributed by atoms with Crippen LogP contribution in [0.4, 0.5) is 23.4 Å². The molecule has 0 radical (unpaired) electrons. The van der Waals surface area contributed by atoms with Crippen molar-refractivity contribution in [3.05, 3.63) is 70.3 Å². The van der Waals surface area contributed by atoms with E-state index >= 15 is 0 Å². The second-order valence-electron chi connectivity index (χ2n) is 9.17. The molecule has 0 saturated carbocycles. The van der Waals surface area contributed by atoms with E-state index in [1.165, 1.54) is 29.2 Å². The average molecular weight is 519 g/mol. The molecule has 8 nitrogen and oxygen atoms in total. The number of likely N-dealkylation sites (tertiary alicyclic amines) is 1. The van der Waals surface area contributed by atoms with E-state index in [1.54, 1.807) is 14.0 Å². The topological polar surface area (TPSA) is 119 Å². The predicted octanol–water partition coefficient (Wildman–Crippen LogP) is 3.26. The van der Waals surface area contributed by atoms with Crippen molar-refractivity contribution in [2.75, 3.05) is 25.9 Å². The lowest BCUT2D eigenvalue weighted by Gasteiger charge is -2.36. The number of hydrogen-bond donors (Lipinski definition) is 3. The van der Waals surface area contributed by atoms with Crippen LogP contribution in [0.3, 0.4) is 0 Å². The molecular formula is C25H26F4N6O2. The third kappa shape index (κ3) is 5.15. The van der Waals surface area contributed by atoms with Crippen molar-refractivity contribution in [3.8, 4) is 11.3 Å². The Balaban J connectivity index is 1.61. The summed E-state index contributed by atoms with van der Waals surface area (Å²) >= 11 is 0. The number of nitrogens with zero attached hydrogens (tertiary/aromatic N) is 3. The summed E-state index contributed by atoms with van der Waals surface area (Å²) in [6.07, 6.45) is 0.0325. The SMILES string of the molecule is Cc1ccc(F)cc1C(=O)NCc1ccc(-c2nn(C3CCN(C)CC3(F)F)c(N)c2C(N)=O)cc1F. The van der Waals surface area contributed by atoms with Crippen molar-refractivity contribution in [3.63, 3.8) is 0 Å². The number of piperidine rings is 1.